The van der Waals surface area contributed by atoms with Crippen LogP contribution in [0.25, 0.3) is 0 Å². The number of hydrogen-bond donors (Lipinski definition) is 1. The molecule has 0 aliphatic heterocycles. The highest BCUT2D eigenvalue weighted by atomic mass is 35.5. The van der Waals surface area contributed by atoms with Gasteiger partial charge in [-0.1, -0.05) is 6.92 Å². The summed E-state index contributed by atoms with van der Waals surface area (Å²) in [4.78, 5) is 0. The summed E-state index contributed by atoms with van der Waals surface area (Å²) in [5.41, 5.74) is 0. The summed E-state index contributed by atoms with van der Waals surface area (Å²) in [6.45, 7) is 3.77. The fourth-order valence-electron chi connectivity index (χ4n) is 1.40. The number of rotatable bonds is 5. The molecular formula is C11H16ClN3O. The summed E-state index contributed by atoms with van der Waals surface area (Å²) < 4.78 is 7.15. The molecule has 16 heavy (non-hydrogen) atoms. The first-order chi connectivity index (χ1) is 7.38. The molecule has 2 aromatic heterocycles. The van der Waals surface area contributed by atoms with E-state index in [0.717, 1.165) is 24.5 Å². The highest BCUT2D eigenvalue weighted by Gasteiger charge is 1.99. The Morgan fingerprint density at radius 1 is 1.44 bits per heavy atom. The maximum Gasteiger partial charge on any atom is 0.148 e. The van der Waals surface area contributed by atoms with Gasteiger partial charge in [-0.15, -0.1) is 12.4 Å². The van der Waals surface area contributed by atoms with Crippen molar-refractivity contribution in [3.05, 3.63) is 36.4 Å². The zero-order valence-corrected chi connectivity index (χ0v) is 10.0. The first kappa shape index (κ1) is 12.6. The third kappa shape index (κ3) is 3.31. The first-order valence-corrected chi connectivity index (χ1v) is 5.18. The van der Waals surface area contributed by atoms with Gasteiger partial charge < -0.3 is 9.73 Å². The van der Waals surface area contributed by atoms with Gasteiger partial charge in [0.25, 0.3) is 0 Å². The molecule has 0 aromatic carbocycles. The van der Waals surface area contributed by atoms with E-state index in [4.69, 9.17) is 4.42 Å². The average molecular weight is 242 g/mol. The van der Waals surface area contributed by atoms with Crippen molar-refractivity contribution in [2.24, 2.45) is 0 Å². The molecule has 0 atom stereocenters. The summed E-state index contributed by atoms with van der Waals surface area (Å²) >= 11 is 0. The third-order valence-corrected chi connectivity index (χ3v) is 2.12. The van der Waals surface area contributed by atoms with Gasteiger partial charge in [0, 0.05) is 18.8 Å². The second-order valence-electron chi connectivity index (χ2n) is 3.40. The molecule has 88 valence electrons. The number of furan rings is 1. The number of aryl methyl sites for hydroxylation is 1. The van der Waals surface area contributed by atoms with E-state index >= 15 is 0 Å². The van der Waals surface area contributed by atoms with Gasteiger partial charge in [-0.25, -0.2) is 0 Å². The van der Waals surface area contributed by atoms with Crippen LogP contribution in [0, 0.1) is 0 Å². The molecule has 0 spiro atoms. The van der Waals surface area contributed by atoms with Crippen LogP contribution < -0.4 is 5.32 Å². The molecule has 2 aromatic rings. The Labute approximate surface area is 101 Å². The molecule has 5 heteroatoms. The molecule has 0 amide bonds. The van der Waals surface area contributed by atoms with Crippen LogP contribution in [0.3, 0.4) is 0 Å². The molecular weight excluding hydrogens is 226 g/mol. The van der Waals surface area contributed by atoms with E-state index in [2.05, 4.69) is 17.3 Å². The monoisotopic (exact) mass is 241 g/mol. The summed E-state index contributed by atoms with van der Waals surface area (Å²) in [7, 11) is 0. The lowest BCUT2D eigenvalue weighted by atomic mass is 10.4. The van der Waals surface area contributed by atoms with Crippen molar-refractivity contribution in [2.75, 3.05) is 5.32 Å². The van der Waals surface area contributed by atoms with Crippen molar-refractivity contribution in [1.82, 2.24) is 9.78 Å². The lowest BCUT2D eigenvalue weighted by Gasteiger charge is -1.99. The normalized spacial score (nSPS) is 9.81. The highest BCUT2D eigenvalue weighted by Crippen LogP contribution is 2.06. The Morgan fingerprint density at radius 2 is 2.31 bits per heavy atom. The largest absolute Gasteiger partial charge is 0.467 e. The molecule has 2 heterocycles. The number of anilines is 1. The quantitative estimate of drug-likeness (QED) is 0.875. The lowest BCUT2D eigenvalue weighted by molar-refractivity contribution is 0.517. The van der Waals surface area contributed by atoms with E-state index < -0.39 is 0 Å². The zero-order chi connectivity index (χ0) is 10.5. The van der Waals surface area contributed by atoms with Crippen LogP contribution in [-0.2, 0) is 13.1 Å². The van der Waals surface area contributed by atoms with E-state index in [-0.39, 0.29) is 12.4 Å². The van der Waals surface area contributed by atoms with Crippen LogP contribution in [0.15, 0.2) is 35.1 Å². The van der Waals surface area contributed by atoms with E-state index in [1.807, 2.05) is 29.1 Å². The molecule has 1 N–H and O–H groups in total. The van der Waals surface area contributed by atoms with Gasteiger partial charge in [-0.2, -0.15) is 5.10 Å². The van der Waals surface area contributed by atoms with Gasteiger partial charge in [0.15, 0.2) is 0 Å². The van der Waals surface area contributed by atoms with Crippen molar-refractivity contribution < 1.29 is 4.42 Å². The molecule has 0 saturated carbocycles. The van der Waals surface area contributed by atoms with E-state index in [0.29, 0.717) is 6.54 Å². The maximum absolute atomic E-state index is 5.21. The minimum Gasteiger partial charge on any atom is -0.467 e. The summed E-state index contributed by atoms with van der Waals surface area (Å²) in [6.07, 6.45) is 4.75. The Hall–Kier alpha value is -1.42. The number of hydrogen-bond acceptors (Lipinski definition) is 3. The summed E-state index contributed by atoms with van der Waals surface area (Å²) in [6, 6.07) is 5.79. The number of nitrogens with zero attached hydrogens (tertiary/aromatic N) is 2. The SMILES string of the molecule is CCCn1ccc(NCc2ccco2)n1.Cl. The number of halogens is 1. The van der Waals surface area contributed by atoms with Crippen LogP contribution in [0.5, 0.6) is 0 Å². The average Bonchev–Trinajstić information content (AvgIpc) is 2.85. The minimum absolute atomic E-state index is 0. The molecule has 0 radical (unpaired) electrons. The molecule has 0 bridgehead atoms. The van der Waals surface area contributed by atoms with E-state index in [1.54, 1.807) is 6.26 Å². The molecule has 0 saturated heterocycles. The van der Waals surface area contributed by atoms with Crippen molar-refractivity contribution in [1.29, 1.82) is 0 Å². The van der Waals surface area contributed by atoms with Crippen molar-refractivity contribution in [3.63, 3.8) is 0 Å². The van der Waals surface area contributed by atoms with Crippen LogP contribution in [-0.4, -0.2) is 9.78 Å². The van der Waals surface area contributed by atoms with Gasteiger partial charge in [0.1, 0.15) is 11.6 Å². The Morgan fingerprint density at radius 3 is 3.00 bits per heavy atom. The second-order valence-corrected chi connectivity index (χ2v) is 3.40. The molecule has 0 fully saturated rings. The Kier molecular flexibility index (Phi) is 4.92. The smallest absolute Gasteiger partial charge is 0.148 e. The van der Waals surface area contributed by atoms with Crippen LogP contribution in [0.1, 0.15) is 19.1 Å². The fraction of sp³-hybridized carbons (Fsp3) is 0.364. The molecule has 0 aliphatic rings. The van der Waals surface area contributed by atoms with E-state index in [9.17, 15) is 0 Å². The van der Waals surface area contributed by atoms with Gasteiger partial charge >= 0.3 is 0 Å². The summed E-state index contributed by atoms with van der Waals surface area (Å²) in [5, 5.41) is 7.56. The Bertz CT molecular complexity index is 397. The summed E-state index contributed by atoms with van der Waals surface area (Å²) in [5.74, 6) is 1.81. The fourth-order valence-corrected chi connectivity index (χ4v) is 1.40. The van der Waals surface area contributed by atoms with E-state index in [1.165, 1.54) is 0 Å². The molecule has 0 unspecified atom stereocenters. The van der Waals surface area contributed by atoms with Crippen LogP contribution >= 0.6 is 12.4 Å². The van der Waals surface area contributed by atoms with Gasteiger partial charge in [-0.05, 0) is 18.6 Å². The van der Waals surface area contributed by atoms with Gasteiger partial charge in [-0.3, -0.25) is 4.68 Å². The zero-order valence-electron chi connectivity index (χ0n) is 9.22. The predicted molar refractivity (Wildman–Crippen MR) is 65.8 cm³/mol. The topological polar surface area (TPSA) is 43.0 Å². The third-order valence-electron chi connectivity index (χ3n) is 2.12. The first-order valence-electron chi connectivity index (χ1n) is 5.18. The predicted octanol–water partition coefficient (Wildman–Crippen LogP) is 2.92. The van der Waals surface area contributed by atoms with Crippen LogP contribution in [0.2, 0.25) is 0 Å². The molecule has 0 aliphatic carbocycles. The van der Waals surface area contributed by atoms with Gasteiger partial charge in [0.05, 0.1) is 12.8 Å². The van der Waals surface area contributed by atoms with Crippen molar-refractivity contribution in [3.8, 4) is 0 Å². The standard InChI is InChI=1S/C11H15N3O.ClH/c1-2-6-14-7-5-11(13-14)12-9-10-4-3-8-15-10;/h3-5,7-8H,2,6,9H2,1H3,(H,12,13);1H. The minimum atomic E-state index is 0. The Balaban J connectivity index is 0.00000128. The lowest BCUT2D eigenvalue weighted by Crippen LogP contribution is -2.01. The van der Waals surface area contributed by atoms with Crippen molar-refractivity contribution in [2.45, 2.75) is 26.4 Å². The number of aromatic nitrogens is 2. The molecule has 2 rings (SSSR count). The van der Waals surface area contributed by atoms with Crippen molar-refractivity contribution >= 4 is 18.2 Å². The van der Waals surface area contributed by atoms with Gasteiger partial charge in [0.2, 0.25) is 0 Å². The second kappa shape index (κ2) is 6.23. The highest BCUT2D eigenvalue weighted by molar-refractivity contribution is 5.85. The van der Waals surface area contributed by atoms with Crippen LogP contribution in [0.4, 0.5) is 5.82 Å². The maximum atomic E-state index is 5.21. The molecule has 4 nitrogen and oxygen atoms in total. The number of nitrogens with one attached hydrogen (secondary N) is 1.